The number of ether oxygens (including phenoxy) is 2. The fraction of sp³-hybridized carbons (Fsp3) is 0.308. The van der Waals surface area contributed by atoms with Gasteiger partial charge in [-0.1, -0.05) is 30.3 Å². The summed E-state index contributed by atoms with van der Waals surface area (Å²) in [5.74, 6) is 0.877. The van der Waals surface area contributed by atoms with E-state index in [-0.39, 0.29) is 28.6 Å². The first-order valence-electron chi connectivity index (χ1n) is 12.0. The lowest BCUT2D eigenvalue weighted by Crippen LogP contribution is -2.50. The van der Waals surface area contributed by atoms with E-state index in [1.807, 2.05) is 4.90 Å². The molecule has 204 valence electrons. The molecule has 2 N–H and O–H groups in total. The van der Waals surface area contributed by atoms with Crippen LogP contribution in [-0.4, -0.2) is 83.7 Å². The van der Waals surface area contributed by atoms with Crippen LogP contribution in [0.2, 0.25) is 0 Å². The number of methoxy groups -OCH3 is 1. The van der Waals surface area contributed by atoms with Gasteiger partial charge in [0.05, 0.1) is 22.6 Å². The van der Waals surface area contributed by atoms with E-state index in [0.29, 0.717) is 37.7 Å². The number of benzene rings is 3. The molecular weight excluding hydrogens is 530 g/mol. The molecule has 38 heavy (non-hydrogen) atoms. The van der Waals surface area contributed by atoms with E-state index in [2.05, 4.69) is 4.72 Å². The van der Waals surface area contributed by atoms with Crippen LogP contribution in [0.5, 0.6) is 11.5 Å². The third-order valence-corrected chi connectivity index (χ3v) is 9.41. The van der Waals surface area contributed by atoms with Gasteiger partial charge in [0.15, 0.2) is 0 Å². The summed E-state index contributed by atoms with van der Waals surface area (Å²) in [6.45, 7) is 1.74. The highest BCUT2D eigenvalue weighted by atomic mass is 32.2. The molecule has 10 nitrogen and oxygen atoms in total. The minimum absolute atomic E-state index is 0.0611. The third kappa shape index (κ3) is 6.83. The van der Waals surface area contributed by atoms with Crippen molar-refractivity contribution in [3.05, 3.63) is 78.9 Å². The van der Waals surface area contributed by atoms with Crippen molar-refractivity contribution in [1.82, 2.24) is 9.21 Å². The summed E-state index contributed by atoms with van der Waals surface area (Å²) >= 11 is 0. The van der Waals surface area contributed by atoms with Crippen LogP contribution in [0.3, 0.4) is 0 Å². The molecule has 0 aliphatic carbocycles. The maximum Gasteiger partial charge on any atom is 0.262 e. The highest BCUT2D eigenvalue weighted by Crippen LogP contribution is 2.27. The van der Waals surface area contributed by atoms with Crippen molar-refractivity contribution in [2.75, 3.05) is 51.2 Å². The Labute approximate surface area is 223 Å². The predicted octanol–water partition coefficient (Wildman–Crippen LogP) is 2.24. The molecule has 0 aromatic heterocycles. The van der Waals surface area contributed by atoms with Gasteiger partial charge in [-0.3, -0.25) is 9.62 Å². The average Bonchev–Trinajstić information content (AvgIpc) is 2.93. The minimum atomic E-state index is -3.80. The fourth-order valence-electron chi connectivity index (χ4n) is 4.07. The lowest BCUT2D eigenvalue weighted by molar-refractivity contribution is 0.0571. The first kappa shape index (κ1) is 27.9. The summed E-state index contributed by atoms with van der Waals surface area (Å²) in [4.78, 5) is 2.31. The number of nitrogens with one attached hydrogen (secondary N) is 1. The summed E-state index contributed by atoms with van der Waals surface area (Å²) in [6.07, 6.45) is -0.862. The molecular formula is C26H31N3O7S2. The summed E-state index contributed by atoms with van der Waals surface area (Å²) in [7, 11) is -5.89. The monoisotopic (exact) mass is 561 g/mol. The van der Waals surface area contributed by atoms with Gasteiger partial charge in [-0.25, -0.2) is 16.8 Å². The normalized spacial score (nSPS) is 16.1. The van der Waals surface area contributed by atoms with E-state index in [0.717, 1.165) is 0 Å². The van der Waals surface area contributed by atoms with Crippen LogP contribution in [0.25, 0.3) is 0 Å². The Morgan fingerprint density at radius 3 is 2.13 bits per heavy atom. The summed E-state index contributed by atoms with van der Waals surface area (Å²) in [6, 6.07) is 20.9. The molecule has 3 aromatic carbocycles. The first-order valence-corrected chi connectivity index (χ1v) is 15.0. The van der Waals surface area contributed by atoms with Crippen LogP contribution < -0.4 is 14.2 Å². The van der Waals surface area contributed by atoms with Gasteiger partial charge < -0.3 is 14.6 Å². The van der Waals surface area contributed by atoms with Gasteiger partial charge in [-0.2, -0.15) is 4.31 Å². The zero-order chi connectivity index (χ0) is 27.2. The Kier molecular flexibility index (Phi) is 8.90. The smallest absolute Gasteiger partial charge is 0.262 e. The summed E-state index contributed by atoms with van der Waals surface area (Å²) in [5.41, 5.74) is 0.265. The standard InChI is InChI=1S/C26H31N3O7S2/c1-35-22-11-13-24(14-12-22)38(33,34)29-17-15-28(16-18-29)19-21(30)20-36-26-10-6-5-9-25(26)27-37(31,32)23-7-3-2-4-8-23/h2-14,21,27,30H,15-20H2,1H3. The van der Waals surface area contributed by atoms with E-state index < -0.39 is 26.2 Å². The molecule has 0 spiro atoms. The van der Waals surface area contributed by atoms with Gasteiger partial charge in [0.2, 0.25) is 10.0 Å². The maximum absolute atomic E-state index is 12.9. The molecule has 0 bridgehead atoms. The van der Waals surface area contributed by atoms with Crippen LogP contribution >= 0.6 is 0 Å². The number of nitrogens with zero attached hydrogens (tertiary/aromatic N) is 2. The maximum atomic E-state index is 12.9. The lowest BCUT2D eigenvalue weighted by Gasteiger charge is -2.34. The van der Waals surface area contributed by atoms with Crippen molar-refractivity contribution < 1.29 is 31.4 Å². The Bertz CT molecular complexity index is 1410. The van der Waals surface area contributed by atoms with E-state index in [1.165, 1.54) is 35.7 Å². The van der Waals surface area contributed by atoms with Crippen LogP contribution in [-0.2, 0) is 20.0 Å². The molecule has 1 saturated heterocycles. The number of hydrogen-bond donors (Lipinski definition) is 2. The van der Waals surface area contributed by atoms with Crippen molar-refractivity contribution in [1.29, 1.82) is 0 Å². The molecule has 12 heteroatoms. The van der Waals surface area contributed by atoms with Crippen molar-refractivity contribution in [3.63, 3.8) is 0 Å². The van der Waals surface area contributed by atoms with Crippen molar-refractivity contribution >= 4 is 25.7 Å². The second-order valence-corrected chi connectivity index (χ2v) is 12.4. The number of anilines is 1. The molecule has 3 aromatic rings. The largest absolute Gasteiger partial charge is 0.497 e. The molecule has 1 aliphatic rings. The number of β-amino-alcohol motifs (C(OH)–C–C–N with tert-alkyl or cyclic N) is 1. The SMILES string of the molecule is COc1ccc(S(=O)(=O)N2CCN(CC(O)COc3ccccc3NS(=O)(=O)c3ccccc3)CC2)cc1. The highest BCUT2D eigenvalue weighted by Gasteiger charge is 2.29. The van der Waals surface area contributed by atoms with E-state index >= 15 is 0 Å². The molecule has 0 saturated carbocycles. The minimum Gasteiger partial charge on any atom is -0.497 e. The van der Waals surface area contributed by atoms with Gasteiger partial charge in [0, 0.05) is 32.7 Å². The predicted molar refractivity (Wildman–Crippen MR) is 143 cm³/mol. The number of aliphatic hydroxyl groups is 1. The zero-order valence-electron chi connectivity index (χ0n) is 20.9. The van der Waals surface area contributed by atoms with Gasteiger partial charge in [-0.05, 0) is 48.5 Å². The molecule has 0 radical (unpaired) electrons. The number of para-hydroxylation sites is 2. The summed E-state index contributed by atoms with van der Waals surface area (Å²) in [5, 5.41) is 10.6. The Morgan fingerprint density at radius 1 is 0.842 bits per heavy atom. The van der Waals surface area contributed by atoms with E-state index in [1.54, 1.807) is 54.6 Å². The Hall–Kier alpha value is -3.16. The molecule has 1 fully saturated rings. The van der Waals surface area contributed by atoms with Crippen LogP contribution in [0.4, 0.5) is 5.69 Å². The third-order valence-electron chi connectivity index (χ3n) is 6.11. The number of aliphatic hydroxyl groups excluding tert-OH is 1. The highest BCUT2D eigenvalue weighted by molar-refractivity contribution is 7.92. The molecule has 1 heterocycles. The van der Waals surface area contributed by atoms with Crippen LogP contribution in [0.1, 0.15) is 0 Å². The van der Waals surface area contributed by atoms with Crippen molar-refractivity contribution in [2.45, 2.75) is 15.9 Å². The van der Waals surface area contributed by atoms with Gasteiger partial charge in [0.25, 0.3) is 10.0 Å². The quantitative estimate of drug-likeness (QED) is 0.365. The van der Waals surface area contributed by atoms with Gasteiger partial charge >= 0.3 is 0 Å². The van der Waals surface area contributed by atoms with E-state index in [4.69, 9.17) is 9.47 Å². The number of sulfonamides is 2. The van der Waals surface area contributed by atoms with Gasteiger partial charge in [-0.15, -0.1) is 0 Å². The fourth-order valence-corrected chi connectivity index (χ4v) is 6.58. The second kappa shape index (κ2) is 12.1. The molecule has 1 unspecified atom stereocenters. The lowest BCUT2D eigenvalue weighted by atomic mass is 10.3. The van der Waals surface area contributed by atoms with Crippen molar-refractivity contribution in [2.24, 2.45) is 0 Å². The zero-order valence-corrected chi connectivity index (χ0v) is 22.6. The molecule has 1 aliphatic heterocycles. The van der Waals surface area contributed by atoms with Crippen molar-refractivity contribution in [3.8, 4) is 11.5 Å². The Balaban J connectivity index is 1.29. The topological polar surface area (TPSA) is 125 Å². The van der Waals surface area contributed by atoms with Gasteiger partial charge in [0.1, 0.15) is 24.2 Å². The number of piperazine rings is 1. The number of rotatable bonds is 11. The molecule has 0 amide bonds. The number of hydrogen-bond acceptors (Lipinski definition) is 8. The van der Waals surface area contributed by atoms with E-state index in [9.17, 15) is 21.9 Å². The summed E-state index contributed by atoms with van der Waals surface area (Å²) < 4.78 is 66.1. The van der Waals surface area contributed by atoms with Crippen LogP contribution in [0, 0.1) is 0 Å². The second-order valence-electron chi connectivity index (χ2n) is 8.76. The molecule has 4 rings (SSSR count). The Morgan fingerprint density at radius 2 is 1.47 bits per heavy atom. The molecule has 1 atom stereocenters. The van der Waals surface area contributed by atoms with Crippen LogP contribution in [0.15, 0.2) is 88.7 Å². The first-order chi connectivity index (χ1) is 18.2. The average molecular weight is 562 g/mol.